The van der Waals surface area contributed by atoms with Crippen LogP contribution >= 0.6 is 8.92 Å². The SMILES string of the molecule is [Cl][Sn]([C]1=CCCC1)([C]1=CCCC1)[C]1=CCCC1. The van der Waals surface area contributed by atoms with Crippen LogP contribution in [0.25, 0.3) is 0 Å². The Labute approximate surface area is 112 Å². The fourth-order valence-corrected chi connectivity index (χ4v) is 18.7. The van der Waals surface area contributed by atoms with Crippen molar-refractivity contribution in [2.75, 3.05) is 0 Å². The van der Waals surface area contributed by atoms with Crippen LogP contribution in [0.3, 0.4) is 0 Å². The van der Waals surface area contributed by atoms with E-state index in [-0.39, 0.29) is 0 Å². The molecule has 0 radical (unpaired) electrons. The molecule has 0 saturated heterocycles. The summed E-state index contributed by atoms with van der Waals surface area (Å²) in [6.45, 7) is 0. The number of halogens is 1. The van der Waals surface area contributed by atoms with Gasteiger partial charge in [-0.05, 0) is 0 Å². The summed E-state index contributed by atoms with van der Waals surface area (Å²) >= 11 is -2.76. The second kappa shape index (κ2) is 5.13. The average Bonchev–Trinajstić information content (AvgIpc) is 3.10. The molecule has 0 aliphatic heterocycles. The first-order valence-corrected chi connectivity index (χ1v) is 15.0. The molecule has 92 valence electrons. The van der Waals surface area contributed by atoms with Crippen molar-refractivity contribution in [1.29, 1.82) is 0 Å². The molecule has 0 bridgehead atoms. The summed E-state index contributed by atoms with van der Waals surface area (Å²) in [7, 11) is 7.36. The topological polar surface area (TPSA) is 0 Å². The molecule has 0 aromatic carbocycles. The van der Waals surface area contributed by atoms with Crippen molar-refractivity contribution in [3.05, 3.63) is 29.0 Å². The summed E-state index contributed by atoms with van der Waals surface area (Å²) in [5, 5.41) is 0. The van der Waals surface area contributed by atoms with Crippen LogP contribution in [-0.2, 0) is 0 Å². The Balaban J connectivity index is 1.99. The van der Waals surface area contributed by atoms with Gasteiger partial charge >= 0.3 is 113 Å². The van der Waals surface area contributed by atoms with Crippen molar-refractivity contribution in [1.82, 2.24) is 0 Å². The van der Waals surface area contributed by atoms with Crippen LogP contribution in [0.1, 0.15) is 57.8 Å². The Morgan fingerprint density at radius 1 is 0.706 bits per heavy atom. The van der Waals surface area contributed by atoms with Gasteiger partial charge in [-0.15, -0.1) is 0 Å². The quantitative estimate of drug-likeness (QED) is 0.617. The third-order valence-corrected chi connectivity index (χ3v) is 20.8. The Hall–Kier alpha value is 0.309. The second-order valence-electron chi connectivity index (χ2n) is 5.52. The molecule has 3 aliphatic carbocycles. The monoisotopic (exact) mass is 356 g/mol. The first-order chi connectivity index (χ1) is 8.32. The molecule has 0 nitrogen and oxygen atoms in total. The predicted molar refractivity (Wildman–Crippen MR) is 77.4 cm³/mol. The number of hydrogen-bond donors (Lipinski definition) is 0. The van der Waals surface area contributed by atoms with Crippen LogP contribution in [0.4, 0.5) is 0 Å². The van der Waals surface area contributed by atoms with Crippen molar-refractivity contribution < 1.29 is 0 Å². The van der Waals surface area contributed by atoms with E-state index in [0.29, 0.717) is 0 Å². The number of rotatable bonds is 3. The van der Waals surface area contributed by atoms with Gasteiger partial charge in [0.05, 0.1) is 0 Å². The minimum absolute atomic E-state index is 1.28. The fourth-order valence-electron chi connectivity index (χ4n) is 3.57. The van der Waals surface area contributed by atoms with Crippen LogP contribution in [0.2, 0.25) is 0 Å². The second-order valence-corrected chi connectivity index (χ2v) is 18.6. The molecule has 0 unspecified atom stereocenters. The Kier molecular flexibility index (Phi) is 3.72. The summed E-state index contributed by atoms with van der Waals surface area (Å²) in [5.74, 6) is 0. The number of hydrogen-bond acceptors (Lipinski definition) is 0. The first kappa shape index (κ1) is 12.3. The van der Waals surface area contributed by atoms with Gasteiger partial charge in [0.15, 0.2) is 0 Å². The average molecular weight is 355 g/mol. The molecule has 0 fully saturated rings. The molecule has 17 heavy (non-hydrogen) atoms. The molecule has 2 heteroatoms. The molecule has 3 rings (SSSR count). The molecule has 0 spiro atoms. The van der Waals surface area contributed by atoms with Crippen molar-refractivity contribution in [3.8, 4) is 0 Å². The summed E-state index contributed by atoms with van der Waals surface area (Å²) in [4.78, 5) is 0. The summed E-state index contributed by atoms with van der Waals surface area (Å²) in [6, 6.07) is 0. The van der Waals surface area contributed by atoms with E-state index in [1.54, 1.807) is 10.8 Å². The Morgan fingerprint density at radius 2 is 1.06 bits per heavy atom. The Bertz CT molecular complexity index is 343. The normalized spacial score (nSPS) is 24.9. The third-order valence-electron chi connectivity index (χ3n) is 4.45. The first-order valence-electron chi connectivity index (χ1n) is 7.09. The summed E-state index contributed by atoms with van der Waals surface area (Å²) in [6.07, 6.45) is 19.3. The molecule has 0 atom stereocenters. The van der Waals surface area contributed by atoms with E-state index >= 15 is 0 Å². The Morgan fingerprint density at radius 3 is 1.29 bits per heavy atom. The van der Waals surface area contributed by atoms with Gasteiger partial charge in [0.2, 0.25) is 0 Å². The van der Waals surface area contributed by atoms with Crippen LogP contribution < -0.4 is 0 Å². The van der Waals surface area contributed by atoms with Gasteiger partial charge in [-0.2, -0.15) is 0 Å². The van der Waals surface area contributed by atoms with E-state index in [4.69, 9.17) is 8.92 Å². The maximum atomic E-state index is 7.36. The molecular formula is C15H21ClSn. The summed E-state index contributed by atoms with van der Waals surface area (Å²) < 4.78 is 5.13. The third kappa shape index (κ3) is 2.16. The zero-order valence-corrected chi connectivity index (χ0v) is 14.1. The van der Waals surface area contributed by atoms with Gasteiger partial charge in [0.25, 0.3) is 0 Å². The van der Waals surface area contributed by atoms with Gasteiger partial charge in [0.1, 0.15) is 0 Å². The van der Waals surface area contributed by atoms with E-state index in [1.165, 1.54) is 57.8 Å². The van der Waals surface area contributed by atoms with Crippen LogP contribution in [-0.4, -0.2) is 17.3 Å². The van der Waals surface area contributed by atoms with Gasteiger partial charge in [-0.25, -0.2) is 0 Å². The van der Waals surface area contributed by atoms with Crippen molar-refractivity contribution in [2.45, 2.75) is 57.8 Å². The molecule has 0 saturated carbocycles. The molecule has 0 heterocycles. The van der Waals surface area contributed by atoms with Gasteiger partial charge in [-0.1, -0.05) is 0 Å². The molecule has 0 aromatic heterocycles. The zero-order valence-electron chi connectivity index (χ0n) is 10.5. The molecular weight excluding hydrogens is 334 g/mol. The molecule has 3 aliphatic rings. The van der Waals surface area contributed by atoms with Gasteiger partial charge in [-0.3, -0.25) is 0 Å². The van der Waals surface area contributed by atoms with E-state index < -0.39 is 17.3 Å². The zero-order chi connectivity index (χ0) is 11.7. The van der Waals surface area contributed by atoms with E-state index in [1.807, 2.05) is 0 Å². The molecule has 0 aromatic rings. The predicted octanol–water partition coefficient (Wildman–Crippen LogP) is 5.12. The fraction of sp³-hybridized carbons (Fsp3) is 0.600. The van der Waals surface area contributed by atoms with Crippen LogP contribution in [0, 0.1) is 0 Å². The van der Waals surface area contributed by atoms with Crippen molar-refractivity contribution in [3.63, 3.8) is 0 Å². The molecule has 0 N–H and O–H groups in total. The van der Waals surface area contributed by atoms with Crippen molar-refractivity contribution in [2.24, 2.45) is 0 Å². The standard InChI is InChI=1S/3C5H7.ClH.Sn/c3*1-2-4-5-3-1;;/h3*1H,2,4-5H2;1H;/q;;;;+1/p-1. The number of allylic oxidation sites excluding steroid dienone is 6. The maximum absolute atomic E-state index is 7.36. The minimum atomic E-state index is -2.76. The van der Waals surface area contributed by atoms with E-state index in [2.05, 4.69) is 18.2 Å². The van der Waals surface area contributed by atoms with Crippen LogP contribution in [0.5, 0.6) is 0 Å². The van der Waals surface area contributed by atoms with Crippen molar-refractivity contribution >= 4 is 26.2 Å². The molecule has 0 amide bonds. The summed E-state index contributed by atoms with van der Waals surface area (Å²) in [5.41, 5.74) is 0. The van der Waals surface area contributed by atoms with E-state index in [9.17, 15) is 0 Å². The van der Waals surface area contributed by atoms with Gasteiger partial charge in [0, 0.05) is 0 Å². The van der Waals surface area contributed by atoms with Crippen LogP contribution in [0.15, 0.2) is 29.0 Å². The van der Waals surface area contributed by atoms with E-state index in [0.717, 1.165) is 0 Å². The van der Waals surface area contributed by atoms with Gasteiger partial charge < -0.3 is 0 Å².